The summed E-state index contributed by atoms with van der Waals surface area (Å²) in [7, 11) is 0. The fourth-order valence-electron chi connectivity index (χ4n) is 3.06. The van der Waals surface area contributed by atoms with Crippen molar-refractivity contribution in [1.82, 2.24) is 0 Å². The smallest absolute Gasteiger partial charge is 0.310 e. The Hall–Kier alpha value is -2.70. The molecule has 3 rings (SSSR count). The maximum atomic E-state index is 13.4. The van der Waals surface area contributed by atoms with Crippen LogP contribution in [0.1, 0.15) is 40.2 Å². The van der Waals surface area contributed by atoms with E-state index < -0.39 is 0 Å². The van der Waals surface area contributed by atoms with Crippen molar-refractivity contribution < 1.29 is 18.9 Å². The minimum atomic E-state index is -0.340. The number of ketones is 1. The summed E-state index contributed by atoms with van der Waals surface area (Å²) in [5, 5.41) is 0. The summed E-state index contributed by atoms with van der Waals surface area (Å²) >= 11 is 3.07. The van der Waals surface area contributed by atoms with Crippen molar-refractivity contribution in [3.8, 4) is 5.69 Å². The van der Waals surface area contributed by atoms with Crippen LogP contribution in [0.4, 0.5) is 0 Å². The normalized spacial score (nSPS) is 10.7. The van der Waals surface area contributed by atoms with E-state index >= 15 is 0 Å². The van der Waals surface area contributed by atoms with Gasteiger partial charge in [-0.25, -0.2) is 0 Å². The molecule has 0 aliphatic carbocycles. The number of nitrogens with zero attached hydrogens (tertiary/aromatic N) is 1. The maximum Gasteiger partial charge on any atom is 0.310 e. The monoisotopic (exact) mass is 452 g/mol. The molecule has 0 atom stereocenters. The molecule has 0 N–H and O–H groups in total. The van der Waals surface area contributed by atoms with Crippen LogP contribution >= 0.6 is 23.1 Å². The van der Waals surface area contributed by atoms with Crippen molar-refractivity contribution in [2.24, 2.45) is 0 Å². The second-order valence-electron chi connectivity index (χ2n) is 7.25. The van der Waals surface area contributed by atoms with E-state index in [2.05, 4.69) is 6.58 Å². The van der Waals surface area contributed by atoms with Crippen LogP contribution in [-0.2, 0) is 16.0 Å². The molecule has 0 radical (unpaired) electrons. The van der Waals surface area contributed by atoms with Gasteiger partial charge in [-0.1, -0.05) is 42.5 Å². The molecule has 0 aliphatic heterocycles. The van der Waals surface area contributed by atoms with Crippen LogP contribution in [0.3, 0.4) is 0 Å². The van der Waals surface area contributed by atoms with Gasteiger partial charge in [0.25, 0.3) is 0 Å². The highest BCUT2D eigenvalue weighted by Gasteiger charge is 2.31. The van der Waals surface area contributed by atoms with Crippen molar-refractivity contribution in [2.45, 2.75) is 31.4 Å². The number of thiophene rings is 1. The number of pyridine rings is 1. The van der Waals surface area contributed by atoms with Crippen LogP contribution in [0.5, 0.6) is 0 Å². The Morgan fingerprint density at radius 1 is 1.13 bits per heavy atom. The maximum absolute atomic E-state index is 13.4. The number of ether oxygens (including phenoxy) is 1. The lowest BCUT2D eigenvalue weighted by Crippen LogP contribution is -2.31. The molecule has 6 heteroatoms. The molecule has 0 saturated carbocycles. The van der Waals surface area contributed by atoms with Gasteiger partial charge in [-0.05, 0) is 26.3 Å². The van der Waals surface area contributed by atoms with Crippen LogP contribution in [0.15, 0.2) is 71.2 Å². The second-order valence-corrected chi connectivity index (χ2v) is 9.52. The van der Waals surface area contributed by atoms with E-state index in [0.29, 0.717) is 22.6 Å². The third-order valence-corrected chi connectivity index (χ3v) is 7.23. The third-order valence-electron chi connectivity index (χ3n) is 4.52. The lowest BCUT2D eigenvalue weighted by atomic mass is 10.0. The summed E-state index contributed by atoms with van der Waals surface area (Å²) in [5.74, 6) is 0.312. The van der Waals surface area contributed by atoms with Crippen molar-refractivity contribution in [1.29, 1.82) is 0 Å². The van der Waals surface area contributed by atoms with Crippen LogP contribution < -0.4 is 4.57 Å². The molecule has 3 aromatic rings. The van der Waals surface area contributed by atoms with E-state index in [1.54, 1.807) is 30.8 Å². The number of rotatable bonds is 9. The Balaban J connectivity index is 2.19. The number of benzene rings is 1. The molecule has 0 fully saturated rings. The Bertz CT molecular complexity index is 1090. The first-order chi connectivity index (χ1) is 14.9. The molecule has 0 bridgehead atoms. The molecule has 2 heterocycles. The minimum absolute atomic E-state index is 0.0437. The quantitative estimate of drug-likeness (QED) is 0.145. The van der Waals surface area contributed by atoms with Gasteiger partial charge in [-0.15, -0.1) is 23.1 Å². The van der Waals surface area contributed by atoms with E-state index in [1.807, 2.05) is 61.1 Å². The molecule has 2 aromatic heterocycles. The predicted molar refractivity (Wildman–Crippen MR) is 126 cm³/mol. The molecule has 4 nitrogen and oxygen atoms in total. The number of thioether (sulfide) groups is 1. The van der Waals surface area contributed by atoms with Crippen LogP contribution in [-0.4, -0.2) is 24.1 Å². The van der Waals surface area contributed by atoms with E-state index in [9.17, 15) is 9.59 Å². The van der Waals surface area contributed by atoms with Crippen LogP contribution in [0, 0.1) is 6.92 Å². The third kappa shape index (κ3) is 5.71. The zero-order valence-corrected chi connectivity index (χ0v) is 19.6. The van der Waals surface area contributed by atoms with E-state index in [0.717, 1.165) is 26.8 Å². The first-order valence-electron chi connectivity index (χ1n) is 10.1. The van der Waals surface area contributed by atoms with Gasteiger partial charge in [-0.3, -0.25) is 9.59 Å². The molecule has 0 unspecified atom stereocenters. The summed E-state index contributed by atoms with van der Waals surface area (Å²) in [6.07, 6.45) is 3.98. The van der Waals surface area contributed by atoms with Gasteiger partial charge in [0.05, 0.1) is 23.5 Å². The topological polar surface area (TPSA) is 47.3 Å². The molecule has 1 aromatic carbocycles. The Kier molecular flexibility index (Phi) is 7.82. The number of hydrogen-bond donors (Lipinski definition) is 0. The molecule has 0 spiro atoms. The standard InChI is InChI=1S/C25H26NO3S2/c1-5-29-21(27)15-20-22(26-13-11-18(4)12-14-26)25(30-16-17(2)3)31-24(20)23(28)19-9-7-6-8-10-19/h6-14H,2,5,15-16H2,1,3-4H3/q+1. The zero-order valence-electron chi connectivity index (χ0n) is 18.0. The molecule has 31 heavy (non-hydrogen) atoms. The summed E-state index contributed by atoms with van der Waals surface area (Å²) in [4.78, 5) is 26.5. The van der Waals surface area contributed by atoms with Gasteiger partial charge in [-0.2, -0.15) is 4.57 Å². The lowest BCUT2D eigenvalue weighted by molar-refractivity contribution is -0.598. The minimum Gasteiger partial charge on any atom is -0.466 e. The Morgan fingerprint density at radius 3 is 2.42 bits per heavy atom. The summed E-state index contributed by atoms with van der Waals surface area (Å²) < 4.78 is 8.20. The van der Waals surface area contributed by atoms with Crippen LogP contribution in [0.2, 0.25) is 0 Å². The van der Waals surface area contributed by atoms with E-state index in [1.165, 1.54) is 11.3 Å². The SMILES string of the molecule is C=C(C)CSc1sc(C(=O)c2ccccc2)c(CC(=O)OCC)c1-[n+]1ccc(C)cc1. The fourth-order valence-corrected chi connectivity index (χ4v) is 5.47. The van der Waals surface area contributed by atoms with Gasteiger partial charge in [0.1, 0.15) is 4.21 Å². The van der Waals surface area contributed by atoms with Crippen molar-refractivity contribution >= 4 is 34.9 Å². The molecule has 0 amide bonds. The summed E-state index contributed by atoms with van der Waals surface area (Å²) in [5.41, 5.74) is 4.35. The van der Waals surface area contributed by atoms with Crippen LogP contribution in [0.25, 0.3) is 5.69 Å². The number of aromatic nitrogens is 1. The van der Waals surface area contributed by atoms with E-state index in [4.69, 9.17) is 4.74 Å². The second kappa shape index (κ2) is 10.6. The molecule has 160 valence electrons. The first kappa shape index (κ1) is 23.0. The average molecular weight is 453 g/mol. The van der Waals surface area contributed by atoms with E-state index in [-0.39, 0.29) is 18.2 Å². The molecule has 0 aliphatic rings. The molecular formula is C25H26NO3S2+. The van der Waals surface area contributed by atoms with Gasteiger partial charge in [0.2, 0.25) is 11.5 Å². The fraction of sp³-hybridized carbons (Fsp3) is 0.240. The van der Waals surface area contributed by atoms with Crippen molar-refractivity contribution in [3.05, 3.63) is 88.6 Å². The van der Waals surface area contributed by atoms with Gasteiger partial charge in [0, 0.05) is 23.4 Å². The average Bonchev–Trinajstić information content (AvgIpc) is 3.11. The summed E-state index contributed by atoms with van der Waals surface area (Å²) in [6, 6.07) is 13.2. The number of carbonyl (C=O) groups is 2. The predicted octanol–water partition coefficient (Wildman–Crippen LogP) is 5.34. The Labute approximate surface area is 191 Å². The highest BCUT2D eigenvalue weighted by Crippen LogP contribution is 2.39. The highest BCUT2D eigenvalue weighted by molar-refractivity contribution is 8.01. The van der Waals surface area contributed by atoms with Crippen molar-refractivity contribution in [2.75, 3.05) is 12.4 Å². The largest absolute Gasteiger partial charge is 0.466 e. The number of hydrogen-bond acceptors (Lipinski definition) is 5. The first-order valence-corrected chi connectivity index (χ1v) is 11.9. The molecule has 0 saturated heterocycles. The van der Waals surface area contributed by atoms with Crippen molar-refractivity contribution in [3.63, 3.8) is 0 Å². The lowest BCUT2D eigenvalue weighted by Gasteiger charge is -2.06. The number of carbonyl (C=O) groups excluding carboxylic acids is 2. The molecular weight excluding hydrogens is 426 g/mol. The summed E-state index contributed by atoms with van der Waals surface area (Å²) in [6.45, 7) is 10.1. The number of esters is 1. The van der Waals surface area contributed by atoms with Gasteiger partial charge >= 0.3 is 5.97 Å². The Morgan fingerprint density at radius 2 is 1.81 bits per heavy atom. The van der Waals surface area contributed by atoms with Gasteiger partial charge in [0.15, 0.2) is 12.4 Å². The van der Waals surface area contributed by atoms with Gasteiger partial charge < -0.3 is 4.74 Å². The highest BCUT2D eigenvalue weighted by atomic mass is 32.2. The zero-order chi connectivity index (χ0) is 22.4. The number of aryl methyl sites for hydroxylation is 1.